The van der Waals surface area contributed by atoms with Gasteiger partial charge >= 0.3 is 0 Å². The standard InChI is InChI=1S/C9H14N2S/c1-2-3-4-8-12-9-10-6-5-7-11-9/h5-7H,2-4,8H2,1H3. The molecule has 0 aromatic carbocycles. The van der Waals surface area contributed by atoms with Crippen molar-refractivity contribution in [2.75, 3.05) is 5.75 Å². The van der Waals surface area contributed by atoms with Crippen LogP contribution >= 0.6 is 11.8 Å². The molecule has 1 heterocycles. The smallest absolute Gasteiger partial charge is 0.187 e. The van der Waals surface area contributed by atoms with Crippen LogP contribution in [0.3, 0.4) is 0 Å². The number of hydrogen-bond donors (Lipinski definition) is 0. The maximum absolute atomic E-state index is 4.13. The fourth-order valence-electron chi connectivity index (χ4n) is 0.875. The third-order valence-electron chi connectivity index (χ3n) is 1.52. The molecule has 0 atom stereocenters. The molecule has 1 rings (SSSR count). The molecule has 1 aromatic rings. The fraction of sp³-hybridized carbons (Fsp3) is 0.556. The van der Waals surface area contributed by atoms with Gasteiger partial charge in [-0.3, -0.25) is 0 Å². The van der Waals surface area contributed by atoms with Crippen LogP contribution in [0.1, 0.15) is 26.2 Å². The molecule has 0 bridgehead atoms. The molecule has 0 saturated heterocycles. The summed E-state index contributed by atoms with van der Waals surface area (Å²) < 4.78 is 0. The van der Waals surface area contributed by atoms with Gasteiger partial charge in [-0.2, -0.15) is 0 Å². The van der Waals surface area contributed by atoms with E-state index in [-0.39, 0.29) is 0 Å². The Balaban J connectivity index is 2.16. The predicted molar refractivity (Wildman–Crippen MR) is 52.3 cm³/mol. The zero-order valence-electron chi connectivity index (χ0n) is 7.36. The summed E-state index contributed by atoms with van der Waals surface area (Å²) in [7, 11) is 0. The van der Waals surface area contributed by atoms with E-state index in [0.717, 1.165) is 10.9 Å². The zero-order chi connectivity index (χ0) is 8.65. The first-order valence-corrected chi connectivity index (χ1v) is 5.32. The van der Waals surface area contributed by atoms with Crippen LogP contribution in [0.15, 0.2) is 23.6 Å². The average Bonchev–Trinajstić information content (AvgIpc) is 2.14. The van der Waals surface area contributed by atoms with Gasteiger partial charge in [0.05, 0.1) is 0 Å². The molecule has 2 nitrogen and oxygen atoms in total. The van der Waals surface area contributed by atoms with E-state index in [1.807, 2.05) is 6.07 Å². The second-order valence-corrected chi connectivity index (χ2v) is 3.65. The first-order valence-electron chi connectivity index (χ1n) is 4.33. The summed E-state index contributed by atoms with van der Waals surface area (Å²) in [6.07, 6.45) is 7.42. The normalized spacial score (nSPS) is 10.1. The Bertz CT molecular complexity index is 201. The van der Waals surface area contributed by atoms with Crippen molar-refractivity contribution in [3.05, 3.63) is 18.5 Å². The predicted octanol–water partition coefficient (Wildman–Crippen LogP) is 2.76. The monoisotopic (exact) mass is 182 g/mol. The minimum atomic E-state index is 0.897. The Morgan fingerprint density at radius 3 is 2.67 bits per heavy atom. The van der Waals surface area contributed by atoms with Crippen molar-refractivity contribution in [2.24, 2.45) is 0 Å². The maximum Gasteiger partial charge on any atom is 0.187 e. The second-order valence-electron chi connectivity index (χ2n) is 2.59. The third kappa shape index (κ3) is 3.72. The van der Waals surface area contributed by atoms with Gasteiger partial charge in [0.2, 0.25) is 0 Å². The summed E-state index contributed by atoms with van der Waals surface area (Å²) >= 11 is 1.74. The largest absolute Gasteiger partial charge is 0.231 e. The lowest BCUT2D eigenvalue weighted by atomic mass is 10.3. The Labute approximate surface area is 77.8 Å². The van der Waals surface area contributed by atoms with Gasteiger partial charge < -0.3 is 0 Å². The van der Waals surface area contributed by atoms with Crippen molar-refractivity contribution in [2.45, 2.75) is 31.3 Å². The molecule has 0 N–H and O–H groups in total. The van der Waals surface area contributed by atoms with Gasteiger partial charge in [-0.1, -0.05) is 31.5 Å². The molecule has 3 heteroatoms. The molecule has 0 aliphatic heterocycles. The zero-order valence-corrected chi connectivity index (χ0v) is 8.18. The Morgan fingerprint density at radius 1 is 1.25 bits per heavy atom. The van der Waals surface area contributed by atoms with Crippen LogP contribution in [-0.2, 0) is 0 Å². The lowest BCUT2D eigenvalue weighted by Gasteiger charge is -1.97. The van der Waals surface area contributed by atoms with Crippen molar-refractivity contribution in [3.63, 3.8) is 0 Å². The Kier molecular flexibility index (Phi) is 4.76. The molecule has 1 aromatic heterocycles. The van der Waals surface area contributed by atoms with Crippen molar-refractivity contribution < 1.29 is 0 Å². The molecule has 0 amide bonds. The molecule has 0 spiro atoms. The van der Waals surface area contributed by atoms with Crippen molar-refractivity contribution >= 4 is 11.8 Å². The topological polar surface area (TPSA) is 25.8 Å². The third-order valence-corrected chi connectivity index (χ3v) is 2.48. The first-order chi connectivity index (χ1) is 5.93. The van der Waals surface area contributed by atoms with Gasteiger partial charge in [0.25, 0.3) is 0 Å². The number of unbranched alkanes of at least 4 members (excludes halogenated alkanes) is 2. The van der Waals surface area contributed by atoms with Crippen LogP contribution in [0.25, 0.3) is 0 Å². The van der Waals surface area contributed by atoms with Gasteiger partial charge in [-0.15, -0.1) is 0 Å². The van der Waals surface area contributed by atoms with Crippen LogP contribution < -0.4 is 0 Å². The van der Waals surface area contributed by atoms with Crippen LogP contribution in [0.4, 0.5) is 0 Å². The first kappa shape index (κ1) is 9.52. The summed E-state index contributed by atoms with van der Waals surface area (Å²) in [6.45, 7) is 2.21. The second kappa shape index (κ2) is 6.00. The summed E-state index contributed by atoms with van der Waals surface area (Å²) in [4.78, 5) is 8.26. The highest BCUT2D eigenvalue weighted by Gasteiger charge is 1.93. The molecule has 0 radical (unpaired) electrons. The van der Waals surface area contributed by atoms with Gasteiger partial charge in [0, 0.05) is 18.1 Å². The van der Waals surface area contributed by atoms with Crippen LogP contribution in [0.2, 0.25) is 0 Å². The van der Waals surface area contributed by atoms with Gasteiger partial charge in [-0.25, -0.2) is 9.97 Å². The SMILES string of the molecule is CCCCCSc1ncccn1. The molecule has 12 heavy (non-hydrogen) atoms. The van der Waals surface area contributed by atoms with Crippen LogP contribution in [-0.4, -0.2) is 15.7 Å². The van der Waals surface area contributed by atoms with Gasteiger partial charge in [-0.05, 0) is 12.5 Å². The summed E-state index contributed by atoms with van der Waals surface area (Å²) in [5.74, 6) is 1.14. The van der Waals surface area contributed by atoms with E-state index in [2.05, 4.69) is 16.9 Å². The molecular formula is C9H14N2S. The number of thioether (sulfide) groups is 1. The van der Waals surface area contributed by atoms with Gasteiger partial charge in [0.15, 0.2) is 5.16 Å². The summed E-state index contributed by atoms with van der Waals surface area (Å²) in [6, 6.07) is 1.84. The van der Waals surface area contributed by atoms with Crippen molar-refractivity contribution in [1.82, 2.24) is 9.97 Å². The average molecular weight is 182 g/mol. The summed E-state index contributed by atoms with van der Waals surface area (Å²) in [5.41, 5.74) is 0. The van der Waals surface area contributed by atoms with E-state index in [1.54, 1.807) is 24.2 Å². The highest BCUT2D eigenvalue weighted by atomic mass is 32.2. The van der Waals surface area contributed by atoms with E-state index >= 15 is 0 Å². The van der Waals surface area contributed by atoms with E-state index in [1.165, 1.54) is 19.3 Å². The lowest BCUT2D eigenvalue weighted by Crippen LogP contribution is -1.85. The number of hydrogen-bond acceptors (Lipinski definition) is 3. The lowest BCUT2D eigenvalue weighted by molar-refractivity contribution is 0.777. The highest BCUT2D eigenvalue weighted by Crippen LogP contribution is 2.13. The quantitative estimate of drug-likeness (QED) is 0.398. The molecule has 0 aliphatic carbocycles. The molecule has 0 aliphatic rings. The fourth-order valence-corrected chi connectivity index (χ4v) is 1.68. The Morgan fingerprint density at radius 2 is 2.00 bits per heavy atom. The summed E-state index contributed by atoms with van der Waals surface area (Å²) in [5, 5.41) is 0.897. The van der Waals surface area contributed by atoms with Crippen molar-refractivity contribution in [1.29, 1.82) is 0 Å². The molecule has 0 fully saturated rings. The molecule has 0 unspecified atom stereocenters. The maximum atomic E-state index is 4.13. The van der Waals surface area contributed by atoms with E-state index in [9.17, 15) is 0 Å². The van der Waals surface area contributed by atoms with E-state index < -0.39 is 0 Å². The van der Waals surface area contributed by atoms with E-state index in [0.29, 0.717) is 0 Å². The highest BCUT2D eigenvalue weighted by molar-refractivity contribution is 7.99. The number of rotatable bonds is 5. The van der Waals surface area contributed by atoms with Crippen LogP contribution in [0.5, 0.6) is 0 Å². The molecular weight excluding hydrogens is 168 g/mol. The molecule has 66 valence electrons. The number of nitrogens with zero attached hydrogens (tertiary/aromatic N) is 2. The Hall–Kier alpha value is -0.570. The number of aromatic nitrogens is 2. The minimum absolute atomic E-state index is 0.897. The minimum Gasteiger partial charge on any atom is -0.231 e. The van der Waals surface area contributed by atoms with Gasteiger partial charge in [0.1, 0.15) is 0 Å². The van der Waals surface area contributed by atoms with E-state index in [4.69, 9.17) is 0 Å². The van der Waals surface area contributed by atoms with Crippen molar-refractivity contribution in [3.8, 4) is 0 Å². The van der Waals surface area contributed by atoms with Crippen LogP contribution in [0, 0.1) is 0 Å². The molecule has 0 saturated carbocycles.